The van der Waals surface area contributed by atoms with Crippen molar-refractivity contribution in [3.63, 3.8) is 0 Å². The highest BCUT2D eigenvalue weighted by Crippen LogP contribution is 2.29. The number of amides is 3. The predicted molar refractivity (Wildman–Crippen MR) is 143 cm³/mol. The maximum absolute atomic E-state index is 13.4. The first-order valence-corrected chi connectivity index (χ1v) is 12.5. The molecule has 0 spiro atoms. The number of hydrogen-bond donors (Lipinski definition) is 2. The van der Waals surface area contributed by atoms with Gasteiger partial charge >= 0.3 is 6.03 Å². The molecule has 1 fully saturated rings. The van der Waals surface area contributed by atoms with Crippen molar-refractivity contribution in [1.29, 1.82) is 0 Å². The number of rotatable bonds is 10. The Bertz CT molecular complexity index is 1020. The summed E-state index contributed by atoms with van der Waals surface area (Å²) in [5.74, 6) is 1.06. The highest BCUT2D eigenvalue weighted by Gasteiger charge is 2.31. The lowest BCUT2D eigenvalue weighted by Crippen LogP contribution is -2.57. The Balaban J connectivity index is 1.55. The maximum Gasteiger partial charge on any atom is 0.320 e. The second kappa shape index (κ2) is 13.5. The number of benzene rings is 2. The molecule has 8 heteroatoms. The summed E-state index contributed by atoms with van der Waals surface area (Å²) in [6.45, 7) is 7.73. The average Bonchev–Trinajstić information content (AvgIpc) is 2.92. The Hall–Kier alpha value is -3.52. The first kappa shape index (κ1) is 27.1. The highest BCUT2D eigenvalue weighted by atomic mass is 16.5. The summed E-state index contributed by atoms with van der Waals surface area (Å²) >= 11 is 0. The van der Waals surface area contributed by atoms with Gasteiger partial charge in [-0.2, -0.15) is 0 Å². The molecule has 0 radical (unpaired) electrons. The second-order valence-electron chi connectivity index (χ2n) is 8.97. The zero-order valence-corrected chi connectivity index (χ0v) is 21.7. The first-order valence-electron chi connectivity index (χ1n) is 12.5. The van der Waals surface area contributed by atoms with Crippen LogP contribution in [0.25, 0.3) is 6.08 Å². The summed E-state index contributed by atoms with van der Waals surface area (Å²) in [5, 5.41) is 5.71. The Morgan fingerprint density at radius 3 is 2.39 bits per heavy atom. The van der Waals surface area contributed by atoms with E-state index in [-0.39, 0.29) is 11.8 Å². The molecule has 3 amide bonds. The third kappa shape index (κ3) is 7.49. The summed E-state index contributed by atoms with van der Waals surface area (Å²) < 4.78 is 10.6. The van der Waals surface area contributed by atoms with Gasteiger partial charge in [-0.3, -0.25) is 9.69 Å². The molecule has 1 heterocycles. The van der Waals surface area contributed by atoms with Gasteiger partial charge in [0, 0.05) is 38.8 Å². The largest absolute Gasteiger partial charge is 0.497 e. The minimum absolute atomic E-state index is 0.00662. The Morgan fingerprint density at radius 1 is 1.03 bits per heavy atom. The molecule has 1 aliphatic heterocycles. The first-order chi connectivity index (χ1) is 17.4. The maximum atomic E-state index is 13.4. The Labute approximate surface area is 214 Å². The molecule has 2 aromatic rings. The predicted octanol–water partition coefficient (Wildman–Crippen LogP) is 4.10. The molecule has 2 aromatic carbocycles. The number of carbonyl (C=O) groups is 2. The van der Waals surface area contributed by atoms with Crippen LogP contribution in [0.15, 0.2) is 54.6 Å². The molecular weight excluding hydrogens is 456 g/mol. The normalized spacial score (nSPS) is 15.8. The number of urea groups is 1. The van der Waals surface area contributed by atoms with E-state index in [0.717, 1.165) is 26.1 Å². The lowest BCUT2D eigenvalue weighted by atomic mass is 9.97. The molecule has 1 aliphatic rings. The van der Waals surface area contributed by atoms with E-state index < -0.39 is 12.1 Å². The molecule has 0 aromatic heterocycles. The third-order valence-corrected chi connectivity index (χ3v) is 6.58. The van der Waals surface area contributed by atoms with Crippen LogP contribution in [0.3, 0.4) is 0 Å². The minimum atomic E-state index is -0.608. The fraction of sp³-hybridized carbons (Fsp3) is 0.429. The van der Waals surface area contributed by atoms with Gasteiger partial charge < -0.3 is 25.0 Å². The van der Waals surface area contributed by atoms with Gasteiger partial charge in [0.05, 0.1) is 19.9 Å². The van der Waals surface area contributed by atoms with Crippen LogP contribution < -0.4 is 20.1 Å². The number of carbonyl (C=O) groups excluding carboxylic acids is 2. The molecule has 0 aliphatic carbocycles. The molecule has 2 N–H and O–H groups in total. The van der Waals surface area contributed by atoms with E-state index >= 15 is 0 Å². The molecule has 8 nitrogen and oxygen atoms in total. The number of anilines is 1. The van der Waals surface area contributed by atoms with Crippen molar-refractivity contribution in [2.24, 2.45) is 5.92 Å². The van der Waals surface area contributed by atoms with E-state index in [9.17, 15) is 9.59 Å². The summed E-state index contributed by atoms with van der Waals surface area (Å²) in [5.41, 5.74) is 1.68. The van der Waals surface area contributed by atoms with E-state index in [1.54, 1.807) is 25.3 Å². The number of nitrogens with zero attached hydrogens (tertiary/aromatic N) is 2. The van der Waals surface area contributed by atoms with E-state index in [1.807, 2.05) is 36.9 Å². The van der Waals surface area contributed by atoms with Gasteiger partial charge in [-0.05, 0) is 23.6 Å². The van der Waals surface area contributed by atoms with Gasteiger partial charge in [-0.15, -0.1) is 0 Å². The van der Waals surface area contributed by atoms with E-state index in [1.165, 1.54) is 12.7 Å². The van der Waals surface area contributed by atoms with Crippen molar-refractivity contribution < 1.29 is 19.1 Å². The van der Waals surface area contributed by atoms with Crippen LogP contribution in [0, 0.1) is 5.92 Å². The second-order valence-corrected chi connectivity index (χ2v) is 8.97. The molecule has 0 saturated carbocycles. The smallest absolute Gasteiger partial charge is 0.320 e. The Kier molecular flexibility index (Phi) is 10.2. The number of ether oxygens (including phenoxy) is 2. The molecule has 36 heavy (non-hydrogen) atoms. The van der Waals surface area contributed by atoms with Crippen molar-refractivity contribution in [2.75, 3.05) is 52.3 Å². The molecule has 2 unspecified atom stereocenters. The van der Waals surface area contributed by atoms with Crippen LogP contribution in [0.2, 0.25) is 0 Å². The zero-order chi connectivity index (χ0) is 25.9. The molecule has 194 valence electrons. The van der Waals surface area contributed by atoms with Crippen LogP contribution in [-0.4, -0.2) is 74.7 Å². The van der Waals surface area contributed by atoms with Crippen molar-refractivity contribution in [3.8, 4) is 11.5 Å². The van der Waals surface area contributed by atoms with Crippen LogP contribution in [0.1, 0.15) is 25.8 Å². The summed E-state index contributed by atoms with van der Waals surface area (Å²) in [7, 11) is 3.10. The summed E-state index contributed by atoms with van der Waals surface area (Å²) in [4.78, 5) is 30.4. The van der Waals surface area contributed by atoms with Gasteiger partial charge in [-0.25, -0.2) is 4.79 Å². The third-order valence-electron chi connectivity index (χ3n) is 6.58. The van der Waals surface area contributed by atoms with Crippen LogP contribution >= 0.6 is 0 Å². The number of hydrogen-bond acceptors (Lipinski definition) is 5. The van der Waals surface area contributed by atoms with Crippen molar-refractivity contribution in [2.45, 2.75) is 26.3 Å². The number of nitrogens with one attached hydrogen (secondary N) is 2. The van der Waals surface area contributed by atoms with Gasteiger partial charge in [0.15, 0.2) is 0 Å². The van der Waals surface area contributed by atoms with Crippen molar-refractivity contribution in [3.05, 3.63) is 60.2 Å². The molecule has 3 rings (SSSR count). The quantitative estimate of drug-likeness (QED) is 0.520. The molecule has 0 bridgehead atoms. The van der Waals surface area contributed by atoms with E-state index in [2.05, 4.69) is 39.8 Å². The lowest BCUT2D eigenvalue weighted by molar-refractivity contribution is -0.136. The van der Waals surface area contributed by atoms with Crippen LogP contribution in [0.4, 0.5) is 10.5 Å². The van der Waals surface area contributed by atoms with Gasteiger partial charge in [0.25, 0.3) is 0 Å². The minimum Gasteiger partial charge on any atom is -0.497 e. The summed E-state index contributed by atoms with van der Waals surface area (Å²) in [6.07, 6.45) is 5.05. The standard InChI is InChI=1S/C28H38N4O4/c1-5-21(2)26(30-28(34)29-24-14-13-23(35-3)20-25(24)36-4)27(33)32-18-16-31(17-19-32)15-9-12-22-10-7-6-8-11-22/h6-14,20-21,26H,5,15-19H2,1-4H3,(H2,29,30,34)/b12-9+. The monoisotopic (exact) mass is 494 g/mol. The highest BCUT2D eigenvalue weighted by molar-refractivity contribution is 5.95. The van der Waals surface area contributed by atoms with Gasteiger partial charge in [0.1, 0.15) is 17.5 Å². The van der Waals surface area contributed by atoms with Crippen molar-refractivity contribution >= 4 is 23.7 Å². The summed E-state index contributed by atoms with van der Waals surface area (Å²) in [6, 6.07) is 14.3. The SMILES string of the molecule is CCC(C)C(NC(=O)Nc1ccc(OC)cc1OC)C(=O)N1CCN(C/C=C/c2ccccc2)CC1. The Morgan fingerprint density at radius 2 is 1.75 bits per heavy atom. The van der Waals surface area contributed by atoms with E-state index in [4.69, 9.17) is 9.47 Å². The van der Waals surface area contributed by atoms with Crippen LogP contribution in [0.5, 0.6) is 11.5 Å². The topological polar surface area (TPSA) is 83.1 Å². The fourth-order valence-electron chi connectivity index (χ4n) is 4.13. The fourth-order valence-corrected chi connectivity index (χ4v) is 4.13. The molecule has 2 atom stereocenters. The van der Waals surface area contributed by atoms with Gasteiger partial charge in [0.2, 0.25) is 5.91 Å². The zero-order valence-electron chi connectivity index (χ0n) is 21.7. The molecular formula is C28H38N4O4. The van der Waals surface area contributed by atoms with Crippen molar-refractivity contribution in [1.82, 2.24) is 15.1 Å². The average molecular weight is 495 g/mol. The van der Waals surface area contributed by atoms with Crippen LogP contribution in [-0.2, 0) is 4.79 Å². The lowest BCUT2D eigenvalue weighted by Gasteiger charge is -2.37. The van der Waals surface area contributed by atoms with Gasteiger partial charge in [-0.1, -0.05) is 62.8 Å². The number of piperazine rings is 1. The number of methoxy groups -OCH3 is 2. The van der Waals surface area contributed by atoms with E-state index in [0.29, 0.717) is 30.3 Å². The molecule has 1 saturated heterocycles.